The summed E-state index contributed by atoms with van der Waals surface area (Å²) in [7, 11) is 5.45. The van der Waals surface area contributed by atoms with Crippen molar-refractivity contribution in [3.05, 3.63) is 17.7 Å². The number of aliphatic hydroxyl groups is 1. The average Bonchev–Trinajstić information content (AvgIpc) is 2.56. The molecule has 0 heterocycles. The summed E-state index contributed by atoms with van der Waals surface area (Å²) in [4.78, 5) is 23.6. The molecular weight excluding hydrogens is 294 g/mol. The van der Waals surface area contributed by atoms with Gasteiger partial charge in [-0.05, 0) is 12.1 Å². The Morgan fingerprint density at radius 2 is 1.64 bits per heavy atom. The predicted octanol–water partition coefficient (Wildman–Crippen LogP) is -0.0239. The Bertz CT molecular complexity index is 519. The van der Waals surface area contributed by atoms with Crippen LogP contribution in [0.1, 0.15) is 10.4 Å². The molecular formula is C14H19NO7. The zero-order valence-electron chi connectivity index (χ0n) is 12.8. The number of esters is 1. The molecule has 0 saturated heterocycles. The number of aliphatic hydroxyl groups excluding tert-OH is 1. The van der Waals surface area contributed by atoms with Gasteiger partial charge in [0.1, 0.15) is 0 Å². The minimum absolute atomic E-state index is 0.178. The first-order chi connectivity index (χ1) is 10.5. The van der Waals surface area contributed by atoms with Crippen LogP contribution >= 0.6 is 0 Å². The Morgan fingerprint density at radius 1 is 1.09 bits per heavy atom. The van der Waals surface area contributed by atoms with E-state index in [2.05, 4.69) is 10.1 Å². The minimum atomic E-state index is -1.16. The topological polar surface area (TPSA) is 103 Å². The summed E-state index contributed by atoms with van der Waals surface area (Å²) in [6.45, 7) is -0.581. The highest BCUT2D eigenvalue weighted by atomic mass is 16.5. The smallest absolute Gasteiger partial charge is 0.330 e. The number of hydrogen-bond acceptors (Lipinski definition) is 7. The predicted molar refractivity (Wildman–Crippen MR) is 76.5 cm³/mol. The number of carbonyl (C=O) groups is 2. The Balaban J connectivity index is 3.10. The van der Waals surface area contributed by atoms with Crippen LogP contribution < -0.4 is 19.5 Å². The molecule has 0 unspecified atom stereocenters. The second-order valence-electron chi connectivity index (χ2n) is 4.15. The number of ether oxygens (including phenoxy) is 4. The van der Waals surface area contributed by atoms with Gasteiger partial charge in [0.15, 0.2) is 17.5 Å². The van der Waals surface area contributed by atoms with Crippen LogP contribution in [0.2, 0.25) is 0 Å². The second-order valence-corrected chi connectivity index (χ2v) is 4.15. The Labute approximate surface area is 127 Å². The van der Waals surface area contributed by atoms with Crippen LogP contribution in [0.5, 0.6) is 17.2 Å². The number of hydrogen-bond donors (Lipinski definition) is 2. The van der Waals surface area contributed by atoms with E-state index in [1.807, 2.05) is 0 Å². The molecule has 0 bridgehead atoms. The molecule has 22 heavy (non-hydrogen) atoms. The monoisotopic (exact) mass is 313 g/mol. The molecule has 1 aromatic rings. The normalized spacial score (nSPS) is 11.3. The molecule has 8 nitrogen and oxygen atoms in total. The summed E-state index contributed by atoms with van der Waals surface area (Å²) in [5.41, 5.74) is 0.178. The van der Waals surface area contributed by atoms with Crippen molar-refractivity contribution in [1.29, 1.82) is 0 Å². The van der Waals surface area contributed by atoms with Crippen LogP contribution in [0.25, 0.3) is 0 Å². The van der Waals surface area contributed by atoms with E-state index < -0.39 is 24.5 Å². The van der Waals surface area contributed by atoms with Gasteiger partial charge >= 0.3 is 5.97 Å². The Hall–Kier alpha value is -2.48. The first kappa shape index (κ1) is 17.6. The highest BCUT2D eigenvalue weighted by Gasteiger charge is 2.23. The van der Waals surface area contributed by atoms with Crippen LogP contribution in [0.3, 0.4) is 0 Å². The molecule has 1 atom stereocenters. The van der Waals surface area contributed by atoms with E-state index in [9.17, 15) is 9.59 Å². The zero-order chi connectivity index (χ0) is 16.7. The fourth-order valence-electron chi connectivity index (χ4n) is 1.78. The maximum absolute atomic E-state index is 12.2. The summed E-state index contributed by atoms with van der Waals surface area (Å²) in [6, 6.07) is 1.71. The number of amides is 1. The third-order valence-electron chi connectivity index (χ3n) is 2.90. The standard InChI is InChI=1S/C14H19NO7/c1-19-10-5-8(6-11(20-2)12(10)21-3)13(17)15-9(7-16)14(18)22-4/h5-6,9,16H,7H2,1-4H3,(H,15,17)/t9-/m0/s1. The molecule has 122 valence electrons. The summed E-state index contributed by atoms with van der Waals surface area (Å²) in [5, 5.41) is 11.5. The third kappa shape index (κ3) is 3.79. The van der Waals surface area contributed by atoms with Gasteiger partial charge in [0, 0.05) is 5.56 Å². The number of rotatable bonds is 7. The van der Waals surface area contributed by atoms with E-state index in [4.69, 9.17) is 19.3 Å². The first-order valence-electron chi connectivity index (χ1n) is 6.31. The largest absolute Gasteiger partial charge is 0.493 e. The Morgan fingerprint density at radius 3 is 2.00 bits per heavy atom. The quantitative estimate of drug-likeness (QED) is 0.682. The fourth-order valence-corrected chi connectivity index (χ4v) is 1.78. The highest BCUT2D eigenvalue weighted by Crippen LogP contribution is 2.38. The molecule has 0 fully saturated rings. The van der Waals surface area contributed by atoms with Gasteiger partial charge in [0.25, 0.3) is 5.91 Å². The maximum Gasteiger partial charge on any atom is 0.330 e. The molecule has 0 radical (unpaired) electrons. The van der Waals surface area contributed by atoms with Crippen molar-refractivity contribution >= 4 is 11.9 Å². The summed E-state index contributed by atoms with van der Waals surface area (Å²) >= 11 is 0. The summed E-state index contributed by atoms with van der Waals surface area (Å²) in [5.74, 6) is -0.406. The molecule has 0 aliphatic carbocycles. The van der Waals surface area contributed by atoms with Gasteiger partial charge in [0.2, 0.25) is 5.75 Å². The van der Waals surface area contributed by atoms with Crippen molar-refractivity contribution in [2.75, 3.05) is 35.0 Å². The van der Waals surface area contributed by atoms with Crippen molar-refractivity contribution in [3.8, 4) is 17.2 Å². The molecule has 0 aromatic heterocycles. The van der Waals surface area contributed by atoms with Gasteiger partial charge in [-0.25, -0.2) is 4.79 Å². The van der Waals surface area contributed by atoms with Gasteiger partial charge < -0.3 is 29.4 Å². The van der Waals surface area contributed by atoms with E-state index in [0.717, 1.165) is 7.11 Å². The van der Waals surface area contributed by atoms with Gasteiger partial charge in [0.05, 0.1) is 35.0 Å². The second kappa shape index (κ2) is 8.08. The molecule has 0 saturated carbocycles. The van der Waals surface area contributed by atoms with E-state index in [0.29, 0.717) is 17.2 Å². The average molecular weight is 313 g/mol. The third-order valence-corrected chi connectivity index (χ3v) is 2.90. The molecule has 0 aliphatic rings. The van der Waals surface area contributed by atoms with Crippen LogP contribution in [-0.4, -0.2) is 58.1 Å². The van der Waals surface area contributed by atoms with Crippen LogP contribution in [0, 0.1) is 0 Å². The van der Waals surface area contributed by atoms with Gasteiger partial charge in [-0.3, -0.25) is 4.79 Å². The summed E-state index contributed by atoms with van der Waals surface area (Å²) in [6.07, 6.45) is 0. The lowest BCUT2D eigenvalue weighted by Crippen LogP contribution is -2.44. The number of benzene rings is 1. The van der Waals surface area contributed by atoms with Crippen molar-refractivity contribution in [2.24, 2.45) is 0 Å². The van der Waals surface area contributed by atoms with Crippen molar-refractivity contribution in [1.82, 2.24) is 5.32 Å². The van der Waals surface area contributed by atoms with E-state index in [1.54, 1.807) is 0 Å². The van der Waals surface area contributed by atoms with Crippen molar-refractivity contribution in [2.45, 2.75) is 6.04 Å². The van der Waals surface area contributed by atoms with Crippen LogP contribution in [0.4, 0.5) is 0 Å². The van der Waals surface area contributed by atoms with Crippen LogP contribution in [-0.2, 0) is 9.53 Å². The molecule has 1 amide bonds. The molecule has 1 rings (SSSR count). The number of carbonyl (C=O) groups excluding carboxylic acids is 2. The Kier molecular flexibility index (Phi) is 6.46. The number of nitrogens with one attached hydrogen (secondary N) is 1. The molecule has 1 aromatic carbocycles. The molecule has 0 spiro atoms. The molecule has 0 aliphatic heterocycles. The maximum atomic E-state index is 12.2. The zero-order valence-corrected chi connectivity index (χ0v) is 12.8. The van der Waals surface area contributed by atoms with Crippen molar-refractivity contribution in [3.63, 3.8) is 0 Å². The van der Waals surface area contributed by atoms with Gasteiger partial charge in [-0.2, -0.15) is 0 Å². The van der Waals surface area contributed by atoms with Crippen molar-refractivity contribution < 1.29 is 33.6 Å². The summed E-state index contributed by atoms with van der Waals surface area (Å²) < 4.78 is 19.9. The van der Waals surface area contributed by atoms with Crippen LogP contribution in [0.15, 0.2) is 12.1 Å². The van der Waals surface area contributed by atoms with E-state index in [1.165, 1.54) is 33.5 Å². The van der Waals surface area contributed by atoms with Gasteiger partial charge in [-0.1, -0.05) is 0 Å². The number of methoxy groups -OCH3 is 4. The minimum Gasteiger partial charge on any atom is -0.493 e. The first-order valence-corrected chi connectivity index (χ1v) is 6.31. The SMILES string of the molecule is COC(=O)[C@H](CO)NC(=O)c1cc(OC)c(OC)c(OC)c1. The highest BCUT2D eigenvalue weighted by molar-refractivity contribution is 5.98. The lowest BCUT2D eigenvalue weighted by molar-refractivity contribution is -0.143. The van der Waals surface area contributed by atoms with E-state index in [-0.39, 0.29) is 5.56 Å². The van der Waals surface area contributed by atoms with E-state index >= 15 is 0 Å². The molecule has 2 N–H and O–H groups in total. The fraction of sp³-hybridized carbons (Fsp3) is 0.429. The lowest BCUT2D eigenvalue weighted by Gasteiger charge is -2.16. The van der Waals surface area contributed by atoms with Gasteiger partial charge in [-0.15, -0.1) is 0 Å². The molecule has 8 heteroatoms. The lowest BCUT2D eigenvalue weighted by atomic mass is 10.1.